The number of benzene rings is 1. The van der Waals surface area contributed by atoms with Crippen LogP contribution in [0.4, 0.5) is 5.69 Å². The smallest absolute Gasteiger partial charge is 0.305 e. The van der Waals surface area contributed by atoms with Gasteiger partial charge in [-0.2, -0.15) is 5.10 Å². The summed E-state index contributed by atoms with van der Waals surface area (Å²) in [6.45, 7) is 4.45. The Balaban J connectivity index is 2.18. The Morgan fingerprint density at radius 2 is 1.96 bits per heavy atom. The molecule has 2 rings (SSSR count). The highest BCUT2D eigenvalue weighted by Crippen LogP contribution is 2.16. The van der Waals surface area contributed by atoms with E-state index in [2.05, 4.69) is 5.10 Å². The number of carbonyl (C=O) groups excluding carboxylic acids is 1. The fourth-order valence-corrected chi connectivity index (χ4v) is 2.43. The molecule has 1 N–H and O–H groups in total. The minimum absolute atomic E-state index is 0.0333. The first kappa shape index (κ1) is 19.1. The van der Waals surface area contributed by atoms with E-state index in [1.165, 1.54) is 46.2 Å². The fourth-order valence-electron chi connectivity index (χ4n) is 2.43. The number of carboxylic acid groups (broad SMARTS) is 1. The van der Waals surface area contributed by atoms with Gasteiger partial charge in [0.25, 0.3) is 11.6 Å². The molecule has 0 aliphatic heterocycles. The van der Waals surface area contributed by atoms with Crippen molar-refractivity contribution in [1.29, 1.82) is 0 Å². The van der Waals surface area contributed by atoms with Crippen LogP contribution < -0.4 is 0 Å². The molecular weight excluding hydrogens is 340 g/mol. The molecule has 0 radical (unpaired) electrons. The fraction of sp³-hybridized carbons (Fsp3) is 0.353. The second kappa shape index (κ2) is 8.24. The number of carboxylic acids is 1. The van der Waals surface area contributed by atoms with Crippen LogP contribution in [-0.4, -0.2) is 49.7 Å². The topological polar surface area (TPSA) is 119 Å². The van der Waals surface area contributed by atoms with Crippen LogP contribution >= 0.6 is 0 Å². The van der Waals surface area contributed by atoms with Gasteiger partial charge in [-0.25, -0.2) is 4.68 Å². The Kier molecular flexibility index (Phi) is 6.05. The van der Waals surface area contributed by atoms with Gasteiger partial charge in [0, 0.05) is 31.4 Å². The molecule has 26 heavy (non-hydrogen) atoms. The summed E-state index contributed by atoms with van der Waals surface area (Å²) in [6.07, 6.45) is 2.80. The summed E-state index contributed by atoms with van der Waals surface area (Å²) in [5.74, 6) is -1.07. The molecule has 0 saturated heterocycles. The number of aromatic nitrogens is 2. The maximum atomic E-state index is 12.7. The molecule has 2 aromatic rings. The maximum Gasteiger partial charge on any atom is 0.305 e. The molecule has 1 heterocycles. The molecule has 0 atom stereocenters. The van der Waals surface area contributed by atoms with Gasteiger partial charge in [-0.15, -0.1) is 0 Å². The molecule has 9 nitrogen and oxygen atoms in total. The van der Waals surface area contributed by atoms with Gasteiger partial charge in [0.1, 0.15) is 0 Å². The highest BCUT2D eigenvalue weighted by molar-refractivity contribution is 5.94. The molecular formula is C17H20N4O5. The van der Waals surface area contributed by atoms with Crippen LogP contribution in [0.3, 0.4) is 0 Å². The lowest BCUT2D eigenvalue weighted by molar-refractivity contribution is -0.384. The second-order valence-corrected chi connectivity index (χ2v) is 6.24. The van der Waals surface area contributed by atoms with E-state index in [0.717, 1.165) is 0 Å². The van der Waals surface area contributed by atoms with Crippen molar-refractivity contribution in [3.63, 3.8) is 0 Å². The van der Waals surface area contributed by atoms with Gasteiger partial charge in [0.15, 0.2) is 0 Å². The molecule has 1 amide bonds. The zero-order valence-electron chi connectivity index (χ0n) is 14.5. The number of non-ortho nitro benzene ring substituents is 1. The average Bonchev–Trinajstić information content (AvgIpc) is 3.07. The van der Waals surface area contributed by atoms with Gasteiger partial charge in [-0.05, 0) is 18.1 Å². The molecule has 138 valence electrons. The summed E-state index contributed by atoms with van der Waals surface area (Å²) in [5, 5.41) is 23.7. The molecule has 0 bridgehead atoms. The summed E-state index contributed by atoms with van der Waals surface area (Å²) in [7, 11) is 0. The monoisotopic (exact) mass is 360 g/mol. The molecule has 0 saturated carbocycles. The van der Waals surface area contributed by atoms with Crippen molar-refractivity contribution in [3.8, 4) is 5.69 Å². The number of hydrogen-bond donors (Lipinski definition) is 1. The minimum atomic E-state index is -0.965. The lowest BCUT2D eigenvalue weighted by Crippen LogP contribution is -2.35. The number of carbonyl (C=O) groups is 2. The number of rotatable bonds is 8. The third-order valence-corrected chi connectivity index (χ3v) is 3.62. The predicted octanol–water partition coefficient (Wildman–Crippen LogP) is 2.35. The number of hydrogen-bond acceptors (Lipinski definition) is 5. The number of nitrogens with zero attached hydrogens (tertiary/aromatic N) is 4. The quantitative estimate of drug-likeness (QED) is 0.570. The normalized spacial score (nSPS) is 10.7. The Morgan fingerprint density at radius 1 is 1.31 bits per heavy atom. The van der Waals surface area contributed by atoms with Gasteiger partial charge in [-0.3, -0.25) is 19.7 Å². The predicted molar refractivity (Wildman–Crippen MR) is 93.2 cm³/mol. The van der Waals surface area contributed by atoms with E-state index < -0.39 is 10.9 Å². The Bertz CT molecular complexity index is 798. The summed E-state index contributed by atoms with van der Waals surface area (Å²) in [6, 6.07) is 5.79. The van der Waals surface area contributed by atoms with E-state index in [1.807, 2.05) is 13.8 Å². The summed E-state index contributed by atoms with van der Waals surface area (Å²) < 4.78 is 1.45. The largest absolute Gasteiger partial charge is 0.481 e. The van der Waals surface area contributed by atoms with Gasteiger partial charge >= 0.3 is 5.97 Å². The van der Waals surface area contributed by atoms with Gasteiger partial charge in [0.05, 0.1) is 28.8 Å². The Labute approximate surface area is 150 Å². The van der Waals surface area contributed by atoms with Crippen molar-refractivity contribution in [1.82, 2.24) is 14.7 Å². The zero-order valence-corrected chi connectivity index (χ0v) is 14.5. The second-order valence-electron chi connectivity index (χ2n) is 6.24. The van der Waals surface area contributed by atoms with Crippen LogP contribution in [0.1, 0.15) is 30.6 Å². The van der Waals surface area contributed by atoms with Crippen molar-refractivity contribution in [2.75, 3.05) is 13.1 Å². The van der Waals surface area contributed by atoms with E-state index in [4.69, 9.17) is 5.11 Å². The van der Waals surface area contributed by atoms with Gasteiger partial charge < -0.3 is 10.0 Å². The molecule has 0 unspecified atom stereocenters. The SMILES string of the molecule is CC(C)CN(CCC(=O)O)C(=O)c1cnn(-c2ccc([N+](=O)[O-])cc2)c1. The first-order valence-electron chi connectivity index (χ1n) is 8.08. The highest BCUT2D eigenvalue weighted by atomic mass is 16.6. The third-order valence-electron chi connectivity index (χ3n) is 3.62. The summed E-state index contributed by atoms with van der Waals surface area (Å²) in [4.78, 5) is 35.2. The van der Waals surface area contributed by atoms with Crippen molar-refractivity contribution in [3.05, 3.63) is 52.3 Å². The first-order chi connectivity index (χ1) is 12.3. The zero-order chi connectivity index (χ0) is 19.3. The maximum absolute atomic E-state index is 12.7. The van der Waals surface area contributed by atoms with E-state index in [0.29, 0.717) is 17.8 Å². The van der Waals surface area contributed by atoms with E-state index >= 15 is 0 Å². The van der Waals surface area contributed by atoms with Crippen LogP contribution in [0.15, 0.2) is 36.7 Å². The van der Waals surface area contributed by atoms with Crippen LogP contribution in [0.5, 0.6) is 0 Å². The highest BCUT2D eigenvalue weighted by Gasteiger charge is 2.19. The van der Waals surface area contributed by atoms with Crippen LogP contribution in [0.25, 0.3) is 5.69 Å². The molecule has 0 spiro atoms. The average molecular weight is 360 g/mol. The lowest BCUT2D eigenvalue weighted by Gasteiger charge is -2.23. The van der Waals surface area contributed by atoms with Crippen LogP contribution in [0.2, 0.25) is 0 Å². The van der Waals surface area contributed by atoms with E-state index in [9.17, 15) is 19.7 Å². The summed E-state index contributed by atoms with van der Waals surface area (Å²) >= 11 is 0. The first-order valence-corrected chi connectivity index (χ1v) is 8.08. The van der Waals surface area contributed by atoms with E-state index in [-0.39, 0.29) is 30.5 Å². The van der Waals surface area contributed by atoms with Crippen molar-refractivity contribution >= 4 is 17.6 Å². The van der Waals surface area contributed by atoms with E-state index in [1.54, 1.807) is 0 Å². The lowest BCUT2D eigenvalue weighted by atomic mass is 10.2. The van der Waals surface area contributed by atoms with Crippen LogP contribution in [0, 0.1) is 16.0 Å². The third kappa shape index (κ3) is 4.88. The van der Waals surface area contributed by atoms with Gasteiger partial charge in [-0.1, -0.05) is 13.8 Å². The Hall–Kier alpha value is -3.23. The molecule has 0 fully saturated rings. The van der Waals surface area contributed by atoms with Crippen molar-refractivity contribution in [2.24, 2.45) is 5.92 Å². The molecule has 9 heteroatoms. The number of aliphatic carboxylic acids is 1. The summed E-state index contributed by atoms with van der Waals surface area (Å²) in [5.41, 5.74) is 0.874. The van der Waals surface area contributed by atoms with Crippen LogP contribution in [-0.2, 0) is 4.79 Å². The molecule has 1 aromatic heterocycles. The number of amides is 1. The molecule has 0 aliphatic carbocycles. The van der Waals surface area contributed by atoms with Crippen molar-refractivity contribution in [2.45, 2.75) is 20.3 Å². The number of nitro groups is 1. The Morgan fingerprint density at radius 3 is 2.50 bits per heavy atom. The molecule has 1 aromatic carbocycles. The number of nitro benzene ring substituents is 1. The standard InChI is InChI=1S/C17H20N4O5/c1-12(2)10-19(8-7-16(22)23)17(24)13-9-18-20(11-13)14-3-5-15(6-4-14)21(25)26/h3-6,9,11-12H,7-8,10H2,1-2H3,(H,22,23). The van der Waals surface area contributed by atoms with Crippen molar-refractivity contribution < 1.29 is 19.6 Å². The van der Waals surface area contributed by atoms with Gasteiger partial charge in [0.2, 0.25) is 0 Å². The minimum Gasteiger partial charge on any atom is -0.481 e. The molecule has 0 aliphatic rings.